The zero-order valence-electron chi connectivity index (χ0n) is 18.5. The van der Waals surface area contributed by atoms with Crippen LogP contribution in [0, 0.1) is 24.4 Å². The summed E-state index contributed by atoms with van der Waals surface area (Å²) in [7, 11) is 1.82. The van der Waals surface area contributed by atoms with E-state index in [2.05, 4.69) is 15.1 Å². The number of ether oxygens (including phenoxy) is 1. The first-order valence-corrected chi connectivity index (χ1v) is 10.7. The summed E-state index contributed by atoms with van der Waals surface area (Å²) >= 11 is 0. The molecule has 176 valence electrons. The Morgan fingerprint density at radius 1 is 1.09 bits per heavy atom. The van der Waals surface area contributed by atoms with Crippen LogP contribution in [-0.4, -0.2) is 55.9 Å². The number of aryl methyl sites for hydroxylation is 2. The van der Waals surface area contributed by atoms with Crippen LogP contribution in [0.4, 0.5) is 18.0 Å². The van der Waals surface area contributed by atoms with Crippen LogP contribution >= 0.6 is 0 Å². The molecule has 3 aromatic rings. The number of aromatic nitrogens is 3. The van der Waals surface area contributed by atoms with Crippen molar-refractivity contribution in [3.8, 4) is 17.1 Å². The van der Waals surface area contributed by atoms with Crippen molar-refractivity contribution in [2.75, 3.05) is 13.1 Å². The van der Waals surface area contributed by atoms with Gasteiger partial charge >= 0.3 is 6.03 Å². The van der Waals surface area contributed by atoms with Gasteiger partial charge in [-0.3, -0.25) is 4.98 Å². The molecule has 2 aliphatic rings. The summed E-state index contributed by atoms with van der Waals surface area (Å²) in [6.45, 7) is 2.27. The predicted molar refractivity (Wildman–Crippen MR) is 117 cm³/mol. The fraction of sp³-hybridized carbons (Fsp3) is 0.304. The lowest BCUT2D eigenvalue weighted by Gasteiger charge is -2.41. The van der Waals surface area contributed by atoms with Gasteiger partial charge in [-0.2, -0.15) is 5.10 Å². The van der Waals surface area contributed by atoms with E-state index in [-0.39, 0.29) is 18.8 Å². The highest BCUT2D eigenvalue weighted by molar-refractivity contribution is 5.79. The minimum Gasteiger partial charge on any atom is -0.483 e. The number of nitrogens with zero attached hydrogens (tertiary/aromatic N) is 6. The number of imidazole rings is 1. The highest BCUT2D eigenvalue weighted by Crippen LogP contribution is 2.32. The van der Waals surface area contributed by atoms with E-state index in [4.69, 9.17) is 4.74 Å². The summed E-state index contributed by atoms with van der Waals surface area (Å²) in [4.78, 5) is 22.8. The molecule has 0 bridgehead atoms. The van der Waals surface area contributed by atoms with E-state index >= 15 is 0 Å². The van der Waals surface area contributed by atoms with E-state index in [9.17, 15) is 18.0 Å². The van der Waals surface area contributed by atoms with Gasteiger partial charge in [0.15, 0.2) is 11.6 Å². The van der Waals surface area contributed by atoms with E-state index in [1.54, 1.807) is 10.9 Å². The van der Waals surface area contributed by atoms with Crippen LogP contribution in [0.1, 0.15) is 23.7 Å². The second-order valence-corrected chi connectivity index (χ2v) is 8.31. The summed E-state index contributed by atoms with van der Waals surface area (Å²) in [5.41, 5.74) is 2.36. The molecule has 0 N–H and O–H groups in total. The molecule has 0 radical (unpaired) electrons. The number of carbonyl (C=O) groups excluding carboxylic acids is 1. The number of carbonyl (C=O) groups is 1. The summed E-state index contributed by atoms with van der Waals surface area (Å²) in [5, 5.41) is 5.30. The monoisotopic (exact) mass is 470 g/mol. The van der Waals surface area contributed by atoms with Crippen LogP contribution in [0.5, 0.6) is 5.75 Å². The molecule has 34 heavy (non-hydrogen) atoms. The second kappa shape index (κ2) is 8.47. The third-order valence-corrected chi connectivity index (χ3v) is 5.89. The van der Waals surface area contributed by atoms with Gasteiger partial charge < -0.3 is 14.2 Å². The van der Waals surface area contributed by atoms with Crippen molar-refractivity contribution >= 4 is 12.2 Å². The van der Waals surface area contributed by atoms with Gasteiger partial charge in [-0.05, 0) is 24.6 Å². The SMILES string of the molecule is Cc1ncn(C)c1-c1cc(OC2CN(C(=O)N3N=CCC3c3cc(F)cc(F)c3)C2)c(F)cn1. The highest BCUT2D eigenvalue weighted by Gasteiger charge is 2.39. The van der Waals surface area contributed by atoms with Gasteiger partial charge in [-0.25, -0.2) is 28.0 Å². The maximum Gasteiger partial charge on any atom is 0.341 e. The maximum atomic E-state index is 14.4. The van der Waals surface area contributed by atoms with E-state index in [1.165, 1.54) is 34.3 Å². The van der Waals surface area contributed by atoms with Gasteiger partial charge in [-0.15, -0.1) is 0 Å². The number of amides is 2. The molecule has 0 saturated carbocycles. The predicted octanol–water partition coefficient (Wildman–Crippen LogP) is 3.82. The summed E-state index contributed by atoms with van der Waals surface area (Å²) in [6, 6.07) is 3.67. The standard InChI is InChI=1S/C23H21F3N6O2/c1-13-22(30(2)12-28-13)19-8-21(18(26)9-27-19)34-17-10-31(11-17)23(33)32-20(3-4-29-32)14-5-15(24)7-16(25)6-14/h4-9,12,17,20H,3,10-11H2,1-2H3. The number of hydrogen-bond acceptors (Lipinski definition) is 5. The molecule has 1 fully saturated rings. The fourth-order valence-electron chi connectivity index (χ4n) is 4.19. The molecule has 8 nitrogen and oxygen atoms in total. The quantitative estimate of drug-likeness (QED) is 0.581. The third-order valence-electron chi connectivity index (χ3n) is 5.89. The molecule has 1 aromatic carbocycles. The molecular formula is C23H21F3N6O2. The number of hydrogen-bond donors (Lipinski definition) is 0. The molecule has 1 saturated heterocycles. The number of halogens is 3. The Kier molecular flexibility index (Phi) is 5.46. The average Bonchev–Trinajstić information content (AvgIpc) is 3.37. The minimum atomic E-state index is -0.716. The number of benzene rings is 1. The first kappa shape index (κ1) is 21.9. The smallest absolute Gasteiger partial charge is 0.341 e. The van der Waals surface area contributed by atoms with Gasteiger partial charge in [-0.1, -0.05) is 0 Å². The molecule has 1 atom stereocenters. The summed E-state index contributed by atoms with van der Waals surface area (Å²) in [5.74, 6) is -2.00. The van der Waals surface area contributed by atoms with Crippen LogP contribution in [-0.2, 0) is 7.05 Å². The first-order valence-electron chi connectivity index (χ1n) is 10.7. The zero-order chi connectivity index (χ0) is 24.0. The molecule has 0 spiro atoms. The topological polar surface area (TPSA) is 75.8 Å². The Hall–Kier alpha value is -3.89. The Balaban J connectivity index is 1.25. The summed E-state index contributed by atoms with van der Waals surface area (Å²) in [6.07, 6.45) is 4.21. The number of likely N-dealkylation sites (tertiary alicyclic amines) is 1. The van der Waals surface area contributed by atoms with Gasteiger partial charge in [0.2, 0.25) is 0 Å². The van der Waals surface area contributed by atoms with Gasteiger partial charge in [0, 0.05) is 31.8 Å². The maximum absolute atomic E-state index is 14.4. The first-order chi connectivity index (χ1) is 16.3. The molecule has 11 heteroatoms. The molecule has 2 amide bonds. The third kappa shape index (κ3) is 3.97. The van der Waals surface area contributed by atoms with E-state index in [1.807, 2.05) is 14.0 Å². The van der Waals surface area contributed by atoms with Gasteiger partial charge in [0.1, 0.15) is 17.7 Å². The van der Waals surface area contributed by atoms with E-state index in [0.29, 0.717) is 17.7 Å². The molecule has 5 rings (SSSR count). The van der Waals surface area contributed by atoms with Crippen molar-refractivity contribution < 1.29 is 22.7 Å². The summed E-state index contributed by atoms with van der Waals surface area (Å²) < 4.78 is 49.2. The lowest BCUT2D eigenvalue weighted by molar-refractivity contribution is 0.0256. The van der Waals surface area contributed by atoms with Crippen molar-refractivity contribution in [3.05, 3.63) is 65.5 Å². The minimum absolute atomic E-state index is 0.0370. The van der Waals surface area contributed by atoms with Crippen molar-refractivity contribution in [1.29, 1.82) is 0 Å². The van der Waals surface area contributed by atoms with Crippen LogP contribution in [0.15, 0.2) is 41.9 Å². The van der Waals surface area contributed by atoms with Crippen LogP contribution in [0.3, 0.4) is 0 Å². The lowest BCUT2D eigenvalue weighted by atomic mass is 10.0. The van der Waals surface area contributed by atoms with Crippen LogP contribution < -0.4 is 4.74 Å². The largest absolute Gasteiger partial charge is 0.483 e. The Labute approximate surface area is 193 Å². The van der Waals surface area contributed by atoms with E-state index in [0.717, 1.165) is 23.7 Å². The number of rotatable bonds is 4. The van der Waals surface area contributed by atoms with Crippen LogP contribution in [0.2, 0.25) is 0 Å². The number of urea groups is 1. The molecule has 4 heterocycles. The van der Waals surface area contributed by atoms with Crippen LogP contribution in [0.25, 0.3) is 11.4 Å². The van der Waals surface area contributed by atoms with Crippen molar-refractivity contribution in [3.63, 3.8) is 0 Å². The van der Waals surface area contributed by atoms with Crippen molar-refractivity contribution in [2.24, 2.45) is 12.1 Å². The molecule has 2 aromatic heterocycles. The fourth-order valence-corrected chi connectivity index (χ4v) is 4.19. The van der Waals surface area contributed by atoms with E-state index < -0.39 is 35.6 Å². The van der Waals surface area contributed by atoms with Crippen molar-refractivity contribution in [1.82, 2.24) is 24.4 Å². The van der Waals surface area contributed by atoms with Gasteiger partial charge in [0.05, 0.1) is 48.7 Å². The Morgan fingerprint density at radius 3 is 2.50 bits per heavy atom. The lowest BCUT2D eigenvalue weighted by Crippen LogP contribution is -2.58. The zero-order valence-corrected chi connectivity index (χ0v) is 18.5. The molecule has 0 aliphatic carbocycles. The molecule has 1 unspecified atom stereocenters. The molecular weight excluding hydrogens is 449 g/mol. The molecule has 2 aliphatic heterocycles. The average molecular weight is 470 g/mol. The van der Waals surface area contributed by atoms with Gasteiger partial charge in [0.25, 0.3) is 0 Å². The normalized spacial score (nSPS) is 17.9. The number of hydrazone groups is 1. The Bertz CT molecular complexity index is 1250. The highest BCUT2D eigenvalue weighted by atomic mass is 19.1. The Morgan fingerprint density at radius 2 is 1.82 bits per heavy atom. The second-order valence-electron chi connectivity index (χ2n) is 8.31. The van der Waals surface area contributed by atoms with Crippen molar-refractivity contribution in [2.45, 2.75) is 25.5 Å². The number of pyridine rings is 1.